The van der Waals surface area contributed by atoms with E-state index in [0.29, 0.717) is 32.7 Å². The number of rotatable bonds is 6. The molecule has 2 aromatic carbocycles. The number of nitrogens with zero attached hydrogens (tertiary/aromatic N) is 2. The summed E-state index contributed by atoms with van der Waals surface area (Å²) in [4.78, 5) is 29.0. The predicted octanol–water partition coefficient (Wildman–Crippen LogP) is 3.42. The van der Waals surface area contributed by atoms with E-state index < -0.39 is 0 Å². The third-order valence-electron chi connectivity index (χ3n) is 5.59. The molecular weight excluding hydrogens is 390 g/mol. The van der Waals surface area contributed by atoms with Gasteiger partial charge in [0, 0.05) is 43.5 Å². The fourth-order valence-corrected chi connectivity index (χ4v) is 3.77. The number of piperazine rings is 1. The highest BCUT2D eigenvalue weighted by molar-refractivity contribution is 5.94. The van der Waals surface area contributed by atoms with Crippen molar-refractivity contribution >= 4 is 23.6 Å². The number of hydrogen-bond acceptors (Lipinski definition) is 4. The molecule has 0 aromatic heterocycles. The minimum absolute atomic E-state index is 0.0244. The Morgan fingerprint density at radius 1 is 1.03 bits per heavy atom. The van der Waals surface area contributed by atoms with Crippen LogP contribution in [-0.2, 0) is 9.59 Å². The van der Waals surface area contributed by atoms with Crippen LogP contribution in [0, 0.1) is 20.8 Å². The van der Waals surface area contributed by atoms with E-state index in [4.69, 9.17) is 4.74 Å². The first kappa shape index (κ1) is 22.6. The normalized spacial score (nSPS) is 14.6. The number of aryl methyl sites for hydroxylation is 3. The summed E-state index contributed by atoms with van der Waals surface area (Å²) in [6.07, 6.45) is 3.40. The summed E-state index contributed by atoms with van der Waals surface area (Å²) in [6.45, 7) is 8.87. The van der Waals surface area contributed by atoms with E-state index in [2.05, 4.69) is 10.2 Å². The van der Waals surface area contributed by atoms with Crippen LogP contribution < -0.4 is 10.1 Å². The summed E-state index contributed by atoms with van der Waals surface area (Å²) in [7, 11) is 1.62. The van der Waals surface area contributed by atoms with Gasteiger partial charge in [-0.1, -0.05) is 29.8 Å². The van der Waals surface area contributed by atoms with Crippen LogP contribution in [0.4, 0.5) is 5.69 Å². The summed E-state index contributed by atoms with van der Waals surface area (Å²) in [5.74, 6) is 0.696. The van der Waals surface area contributed by atoms with E-state index >= 15 is 0 Å². The minimum Gasteiger partial charge on any atom is -0.496 e. The minimum atomic E-state index is -0.0248. The molecule has 0 spiro atoms. The van der Waals surface area contributed by atoms with Crippen LogP contribution in [-0.4, -0.2) is 61.4 Å². The molecule has 2 aromatic rings. The van der Waals surface area contributed by atoms with Crippen LogP contribution in [0.25, 0.3) is 6.08 Å². The van der Waals surface area contributed by atoms with Gasteiger partial charge in [-0.15, -0.1) is 0 Å². The Hall–Kier alpha value is -3.12. The Bertz CT molecular complexity index is 956. The number of amides is 2. The lowest BCUT2D eigenvalue weighted by atomic mass is 10.1. The molecule has 6 heteroatoms. The maximum atomic E-state index is 12.6. The molecule has 1 fully saturated rings. The summed E-state index contributed by atoms with van der Waals surface area (Å²) in [5.41, 5.74) is 5.00. The Kier molecular flexibility index (Phi) is 7.47. The second-order valence-corrected chi connectivity index (χ2v) is 8.00. The molecule has 31 heavy (non-hydrogen) atoms. The van der Waals surface area contributed by atoms with Crippen molar-refractivity contribution in [2.75, 3.05) is 45.2 Å². The largest absolute Gasteiger partial charge is 0.496 e. The molecule has 1 N–H and O–H groups in total. The van der Waals surface area contributed by atoms with Crippen molar-refractivity contribution in [3.05, 3.63) is 64.7 Å². The molecule has 164 valence electrons. The standard InChI is InChI=1S/C25H31N3O3/c1-18-8-10-22(31-4)21(16-18)9-11-24(30)28-14-12-27(13-15-28)17-23(29)26-25-19(2)6-5-7-20(25)3/h5-11,16H,12-15,17H2,1-4H3,(H,26,29)/b11-9+. The van der Waals surface area contributed by atoms with E-state index in [1.54, 1.807) is 19.3 Å². The Morgan fingerprint density at radius 2 is 1.71 bits per heavy atom. The highest BCUT2D eigenvalue weighted by atomic mass is 16.5. The van der Waals surface area contributed by atoms with Gasteiger partial charge in [0.25, 0.3) is 0 Å². The van der Waals surface area contributed by atoms with Crippen molar-refractivity contribution < 1.29 is 14.3 Å². The molecule has 0 unspecified atom stereocenters. The van der Waals surface area contributed by atoms with Gasteiger partial charge in [-0.25, -0.2) is 0 Å². The first-order valence-electron chi connectivity index (χ1n) is 10.6. The molecule has 3 rings (SSSR count). The average Bonchev–Trinajstić information content (AvgIpc) is 2.75. The van der Waals surface area contributed by atoms with Crippen LogP contribution >= 0.6 is 0 Å². The van der Waals surface area contributed by atoms with Gasteiger partial charge in [-0.05, 0) is 50.1 Å². The molecule has 0 bridgehead atoms. The van der Waals surface area contributed by atoms with E-state index in [1.807, 2.05) is 62.1 Å². The van der Waals surface area contributed by atoms with Gasteiger partial charge in [0.1, 0.15) is 5.75 Å². The highest BCUT2D eigenvalue weighted by Crippen LogP contribution is 2.21. The number of carbonyl (C=O) groups is 2. The predicted molar refractivity (Wildman–Crippen MR) is 124 cm³/mol. The Labute approximate surface area is 184 Å². The van der Waals surface area contributed by atoms with Gasteiger partial charge in [-0.3, -0.25) is 14.5 Å². The zero-order chi connectivity index (χ0) is 22.4. The first-order valence-corrected chi connectivity index (χ1v) is 10.6. The van der Waals surface area contributed by atoms with Crippen molar-refractivity contribution in [3.63, 3.8) is 0 Å². The highest BCUT2D eigenvalue weighted by Gasteiger charge is 2.21. The van der Waals surface area contributed by atoms with Gasteiger partial charge in [0.15, 0.2) is 0 Å². The third kappa shape index (κ3) is 5.95. The zero-order valence-corrected chi connectivity index (χ0v) is 18.8. The summed E-state index contributed by atoms with van der Waals surface area (Å²) < 4.78 is 5.37. The lowest BCUT2D eigenvalue weighted by Gasteiger charge is -2.33. The molecule has 1 saturated heterocycles. The third-order valence-corrected chi connectivity index (χ3v) is 5.59. The lowest BCUT2D eigenvalue weighted by molar-refractivity contribution is -0.127. The number of ether oxygens (including phenoxy) is 1. The summed E-state index contributed by atoms with van der Waals surface area (Å²) in [6, 6.07) is 11.9. The fraction of sp³-hybridized carbons (Fsp3) is 0.360. The van der Waals surface area contributed by atoms with Crippen LogP contribution in [0.3, 0.4) is 0 Å². The van der Waals surface area contributed by atoms with E-state index in [1.165, 1.54) is 0 Å². The van der Waals surface area contributed by atoms with Crippen molar-refractivity contribution in [2.24, 2.45) is 0 Å². The van der Waals surface area contributed by atoms with Crippen molar-refractivity contribution in [1.29, 1.82) is 0 Å². The topological polar surface area (TPSA) is 61.9 Å². The lowest BCUT2D eigenvalue weighted by Crippen LogP contribution is -2.50. The van der Waals surface area contributed by atoms with Crippen LogP contribution in [0.2, 0.25) is 0 Å². The number of carbonyl (C=O) groups excluding carboxylic acids is 2. The molecule has 0 radical (unpaired) electrons. The average molecular weight is 422 g/mol. The molecule has 6 nitrogen and oxygen atoms in total. The number of nitrogens with one attached hydrogen (secondary N) is 1. The molecule has 0 saturated carbocycles. The van der Waals surface area contributed by atoms with Gasteiger partial charge < -0.3 is 15.0 Å². The van der Waals surface area contributed by atoms with Crippen molar-refractivity contribution in [2.45, 2.75) is 20.8 Å². The Balaban J connectivity index is 1.50. The number of methoxy groups -OCH3 is 1. The quantitative estimate of drug-likeness (QED) is 0.726. The SMILES string of the molecule is COc1ccc(C)cc1/C=C/C(=O)N1CCN(CC(=O)Nc2c(C)cccc2C)CC1. The van der Waals surface area contributed by atoms with Crippen molar-refractivity contribution in [1.82, 2.24) is 9.80 Å². The van der Waals surface area contributed by atoms with Gasteiger partial charge in [-0.2, -0.15) is 0 Å². The molecule has 1 aliphatic heterocycles. The molecule has 0 atom stereocenters. The molecular formula is C25H31N3O3. The van der Waals surface area contributed by atoms with E-state index in [-0.39, 0.29) is 11.8 Å². The summed E-state index contributed by atoms with van der Waals surface area (Å²) >= 11 is 0. The van der Waals surface area contributed by atoms with E-state index in [9.17, 15) is 9.59 Å². The number of benzene rings is 2. The van der Waals surface area contributed by atoms with E-state index in [0.717, 1.165) is 33.7 Å². The number of anilines is 1. The first-order chi connectivity index (χ1) is 14.9. The van der Waals surface area contributed by atoms with Crippen LogP contribution in [0.15, 0.2) is 42.5 Å². The van der Waals surface area contributed by atoms with Crippen LogP contribution in [0.5, 0.6) is 5.75 Å². The maximum absolute atomic E-state index is 12.6. The monoisotopic (exact) mass is 421 g/mol. The van der Waals surface area contributed by atoms with Gasteiger partial charge >= 0.3 is 0 Å². The molecule has 1 heterocycles. The Morgan fingerprint density at radius 3 is 2.35 bits per heavy atom. The maximum Gasteiger partial charge on any atom is 0.246 e. The second-order valence-electron chi connectivity index (χ2n) is 8.00. The van der Waals surface area contributed by atoms with Gasteiger partial charge in [0.2, 0.25) is 11.8 Å². The number of hydrogen-bond donors (Lipinski definition) is 1. The fourth-order valence-electron chi connectivity index (χ4n) is 3.77. The second kappa shape index (κ2) is 10.3. The van der Waals surface area contributed by atoms with Crippen molar-refractivity contribution in [3.8, 4) is 5.75 Å². The molecule has 2 amide bonds. The van der Waals surface area contributed by atoms with Gasteiger partial charge in [0.05, 0.1) is 13.7 Å². The number of para-hydroxylation sites is 1. The molecule has 0 aliphatic carbocycles. The molecule has 1 aliphatic rings. The van der Waals surface area contributed by atoms with Crippen LogP contribution in [0.1, 0.15) is 22.3 Å². The zero-order valence-electron chi connectivity index (χ0n) is 18.8. The smallest absolute Gasteiger partial charge is 0.246 e. The summed E-state index contributed by atoms with van der Waals surface area (Å²) in [5, 5.41) is 3.03.